The zero-order valence-corrected chi connectivity index (χ0v) is 14.9. The molecule has 0 aliphatic rings. The molecule has 0 aliphatic heterocycles. The van der Waals surface area contributed by atoms with E-state index in [-0.39, 0.29) is 22.3 Å². The van der Waals surface area contributed by atoms with Crippen molar-refractivity contribution in [2.75, 3.05) is 0 Å². The van der Waals surface area contributed by atoms with Gasteiger partial charge in [0.2, 0.25) is 0 Å². The van der Waals surface area contributed by atoms with Crippen LogP contribution in [-0.2, 0) is 12.4 Å². The lowest BCUT2D eigenvalue weighted by atomic mass is 9.89. The molecule has 3 rings (SSSR count). The molecule has 0 heterocycles. The average molecular weight is 398 g/mol. The van der Waals surface area contributed by atoms with E-state index in [1.165, 1.54) is 48.5 Å². The summed E-state index contributed by atoms with van der Waals surface area (Å²) in [5.41, 5.74) is -1.93. The fraction of sp³-hybridized carbons (Fsp3) is 0.100. The third kappa shape index (κ3) is 3.86. The monoisotopic (exact) mass is 398 g/mol. The fourth-order valence-electron chi connectivity index (χ4n) is 3.01. The molecule has 0 saturated carbocycles. The van der Waals surface area contributed by atoms with Gasteiger partial charge in [-0.25, -0.2) is 0 Å². The molecule has 0 N–H and O–H groups in total. The Morgan fingerprint density at radius 1 is 0.519 bits per heavy atom. The van der Waals surface area contributed by atoms with Crippen molar-refractivity contribution in [1.29, 1.82) is 0 Å². The molecule has 1 atom stereocenters. The quantitative estimate of drug-likeness (QED) is 0.339. The van der Waals surface area contributed by atoms with Crippen molar-refractivity contribution in [1.82, 2.24) is 0 Å². The van der Waals surface area contributed by atoms with Gasteiger partial charge in [-0.05, 0) is 39.7 Å². The molecule has 7 heteroatoms. The molecular formula is C20H13F6P. The van der Waals surface area contributed by atoms with Crippen LogP contribution >= 0.6 is 9.24 Å². The van der Waals surface area contributed by atoms with Gasteiger partial charge in [-0.1, -0.05) is 54.6 Å². The summed E-state index contributed by atoms with van der Waals surface area (Å²) in [5.74, 6) is 0. The van der Waals surface area contributed by atoms with Crippen LogP contribution in [0.3, 0.4) is 0 Å². The number of benzene rings is 3. The van der Waals surface area contributed by atoms with Crippen LogP contribution in [-0.4, -0.2) is 0 Å². The van der Waals surface area contributed by atoms with Gasteiger partial charge in [0.25, 0.3) is 0 Å². The van der Waals surface area contributed by atoms with E-state index in [2.05, 4.69) is 9.24 Å². The maximum atomic E-state index is 13.5. The molecule has 27 heavy (non-hydrogen) atoms. The van der Waals surface area contributed by atoms with Crippen LogP contribution in [0.4, 0.5) is 26.3 Å². The zero-order valence-electron chi connectivity index (χ0n) is 13.7. The number of alkyl halides is 6. The molecule has 0 nitrogen and oxygen atoms in total. The van der Waals surface area contributed by atoms with Gasteiger partial charge in [-0.15, -0.1) is 9.24 Å². The summed E-state index contributed by atoms with van der Waals surface area (Å²) in [5, 5.41) is 0.376. The van der Waals surface area contributed by atoms with Gasteiger partial charge >= 0.3 is 12.4 Å². The second-order valence-corrected chi connectivity index (χ2v) is 6.48. The topological polar surface area (TPSA) is 0 Å². The SMILES string of the molecule is FC(F)(F)c1ccccc1-c1cccc(P)c1-c1ccccc1C(F)(F)F. The van der Waals surface area contributed by atoms with Crippen LogP contribution in [0.15, 0.2) is 66.7 Å². The first-order chi connectivity index (χ1) is 12.6. The van der Waals surface area contributed by atoms with Crippen LogP contribution in [0, 0.1) is 0 Å². The lowest BCUT2D eigenvalue weighted by Gasteiger charge is -2.20. The summed E-state index contributed by atoms with van der Waals surface area (Å²) in [6, 6.07) is 14.2. The first-order valence-electron chi connectivity index (χ1n) is 7.82. The minimum absolute atomic E-state index is 0.0899. The molecule has 3 aromatic carbocycles. The summed E-state index contributed by atoms with van der Waals surface area (Å²) in [4.78, 5) is 0. The highest BCUT2D eigenvalue weighted by Gasteiger charge is 2.36. The number of hydrogen-bond donors (Lipinski definition) is 0. The van der Waals surface area contributed by atoms with Crippen LogP contribution in [0.25, 0.3) is 22.3 Å². The van der Waals surface area contributed by atoms with E-state index in [1.54, 1.807) is 6.07 Å². The highest BCUT2D eigenvalue weighted by molar-refractivity contribution is 7.28. The van der Waals surface area contributed by atoms with Crippen LogP contribution in [0.5, 0.6) is 0 Å². The van der Waals surface area contributed by atoms with Crippen molar-refractivity contribution in [3.63, 3.8) is 0 Å². The predicted octanol–water partition coefficient (Wildman–Crippen LogP) is 6.56. The van der Waals surface area contributed by atoms with E-state index < -0.39 is 23.5 Å². The molecule has 0 aromatic heterocycles. The third-order valence-corrected chi connectivity index (χ3v) is 4.60. The van der Waals surface area contributed by atoms with E-state index in [0.29, 0.717) is 5.30 Å². The molecule has 0 aliphatic carbocycles. The minimum Gasteiger partial charge on any atom is -0.166 e. The van der Waals surface area contributed by atoms with Crippen molar-refractivity contribution >= 4 is 14.5 Å². The van der Waals surface area contributed by atoms with Gasteiger partial charge in [-0.3, -0.25) is 0 Å². The molecule has 0 amide bonds. The summed E-state index contributed by atoms with van der Waals surface area (Å²) < 4.78 is 80.8. The normalized spacial score (nSPS) is 12.3. The van der Waals surface area contributed by atoms with Crippen LogP contribution in [0.2, 0.25) is 0 Å². The van der Waals surface area contributed by atoms with Gasteiger partial charge in [0.1, 0.15) is 0 Å². The second kappa shape index (κ2) is 7.01. The van der Waals surface area contributed by atoms with Crippen molar-refractivity contribution in [3.8, 4) is 22.3 Å². The number of hydrogen-bond acceptors (Lipinski definition) is 0. The molecular weight excluding hydrogens is 385 g/mol. The van der Waals surface area contributed by atoms with Crippen molar-refractivity contribution in [2.24, 2.45) is 0 Å². The van der Waals surface area contributed by atoms with Crippen molar-refractivity contribution < 1.29 is 26.3 Å². The lowest BCUT2D eigenvalue weighted by Crippen LogP contribution is -2.11. The standard InChI is InChI=1S/C20H13F6P/c21-19(22,23)15-9-3-1-6-12(15)13-8-5-11-17(27)18(13)14-7-2-4-10-16(14)20(24,25)26/h1-11H,27H2. The Morgan fingerprint density at radius 2 is 0.963 bits per heavy atom. The third-order valence-electron chi connectivity index (χ3n) is 4.12. The Labute approximate surface area is 154 Å². The summed E-state index contributed by atoms with van der Waals surface area (Å²) in [7, 11) is 2.31. The lowest BCUT2D eigenvalue weighted by molar-refractivity contribution is -0.138. The van der Waals surface area contributed by atoms with Gasteiger partial charge in [0, 0.05) is 0 Å². The highest BCUT2D eigenvalue weighted by Crippen LogP contribution is 2.43. The van der Waals surface area contributed by atoms with E-state index in [9.17, 15) is 26.3 Å². The Bertz CT molecular complexity index is 973. The smallest absolute Gasteiger partial charge is 0.166 e. The maximum Gasteiger partial charge on any atom is 0.417 e. The van der Waals surface area contributed by atoms with Gasteiger partial charge in [-0.2, -0.15) is 26.3 Å². The van der Waals surface area contributed by atoms with E-state index in [0.717, 1.165) is 12.1 Å². The summed E-state index contributed by atoms with van der Waals surface area (Å²) in [6.45, 7) is 0. The molecule has 0 fully saturated rings. The van der Waals surface area contributed by atoms with Gasteiger partial charge in [0.15, 0.2) is 0 Å². The Morgan fingerprint density at radius 3 is 1.52 bits per heavy atom. The van der Waals surface area contributed by atoms with Gasteiger partial charge < -0.3 is 0 Å². The largest absolute Gasteiger partial charge is 0.417 e. The first kappa shape index (κ1) is 19.4. The first-order valence-corrected chi connectivity index (χ1v) is 8.40. The molecule has 0 saturated heterocycles. The molecule has 0 bridgehead atoms. The number of halogens is 6. The average Bonchev–Trinajstić information content (AvgIpc) is 2.60. The van der Waals surface area contributed by atoms with Crippen LogP contribution in [0.1, 0.15) is 11.1 Å². The van der Waals surface area contributed by atoms with Crippen molar-refractivity contribution in [2.45, 2.75) is 12.4 Å². The molecule has 140 valence electrons. The van der Waals surface area contributed by atoms with E-state index in [4.69, 9.17) is 0 Å². The second-order valence-electron chi connectivity index (χ2n) is 5.86. The highest BCUT2D eigenvalue weighted by atomic mass is 31.0. The molecule has 0 radical (unpaired) electrons. The zero-order chi connectivity index (χ0) is 19.8. The fourth-order valence-corrected chi connectivity index (χ4v) is 3.43. The molecule has 3 aromatic rings. The molecule has 1 unspecified atom stereocenters. The molecule has 0 spiro atoms. The van der Waals surface area contributed by atoms with Crippen LogP contribution < -0.4 is 5.30 Å². The van der Waals surface area contributed by atoms with E-state index in [1.807, 2.05) is 0 Å². The maximum absolute atomic E-state index is 13.5. The number of rotatable bonds is 2. The Hall–Kier alpha value is -2.33. The summed E-state index contributed by atoms with van der Waals surface area (Å²) in [6.07, 6.45) is -9.27. The summed E-state index contributed by atoms with van der Waals surface area (Å²) >= 11 is 0. The predicted molar refractivity (Wildman–Crippen MR) is 96.7 cm³/mol. The van der Waals surface area contributed by atoms with Crippen molar-refractivity contribution in [3.05, 3.63) is 77.9 Å². The minimum atomic E-state index is -4.63. The van der Waals surface area contributed by atoms with Gasteiger partial charge in [0.05, 0.1) is 11.1 Å². The Kier molecular flexibility index (Phi) is 5.04. The Balaban J connectivity index is 2.36. The van der Waals surface area contributed by atoms with E-state index >= 15 is 0 Å².